The summed E-state index contributed by atoms with van der Waals surface area (Å²) in [6, 6.07) is 6.57. The van der Waals surface area contributed by atoms with E-state index in [1.54, 1.807) is 4.90 Å². The van der Waals surface area contributed by atoms with Crippen LogP contribution in [0.15, 0.2) is 18.2 Å². The van der Waals surface area contributed by atoms with Crippen LogP contribution in [-0.2, 0) is 24.1 Å². The van der Waals surface area contributed by atoms with Crippen LogP contribution in [0.5, 0.6) is 0 Å². The number of rotatable bonds is 5. The summed E-state index contributed by atoms with van der Waals surface area (Å²) in [4.78, 5) is 13.9. The van der Waals surface area contributed by atoms with E-state index in [0.717, 1.165) is 18.7 Å². The molecular formula is C16H25ClN2O. The molecule has 4 heteroatoms. The van der Waals surface area contributed by atoms with Gasteiger partial charge in [0, 0.05) is 20.1 Å². The lowest BCUT2D eigenvalue weighted by atomic mass is 9.90. The molecular weight excluding hydrogens is 272 g/mol. The quantitative estimate of drug-likeness (QED) is 0.903. The van der Waals surface area contributed by atoms with Crippen LogP contribution in [0.2, 0.25) is 0 Å². The summed E-state index contributed by atoms with van der Waals surface area (Å²) in [6.07, 6.45) is 5.48. The van der Waals surface area contributed by atoms with Crippen molar-refractivity contribution in [3.63, 3.8) is 0 Å². The topological polar surface area (TPSA) is 32.3 Å². The Kier molecular flexibility index (Phi) is 7.03. The van der Waals surface area contributed by atoms with E-state index in [0.29, 0.717) is 6.42 Å². The largest absolute Gasteiger partial charge is 0.344 e. The Hall–Kier alpha value is -1.06. The van der Waals surface area contributed by atoms with Crippen molar-refractivity contribution in [1.29, 1.82) is 0 Å². The maximum absolute atomic E-state index is 12.1. The molecule has 2 rings (SSSR count). The average Bonchev–Trinajstić information content (AvgIpc) is 2.44. The zero-order chi connectivity index (χ0) is 13.7. The highest BCUT2D eigenvalue weighted by atomic mass is 35.5. The highest BCUT2D eigenvalue weighted by Crippen LogP contribution is 2.22. The second-order valence-corrected chi connectivity index (χ2v) is 5.41. The van der Waals surface area contributed by atoms with Crippen molar-refractivity contribution in [3.8, 4) is 0 Å². The summed E-state index contributed by atoms with van der Waals surface area (Å²) >= 11 is 0. The standard InChI is InChI=1S/C16H24N2O.ClH/c1-17-9-10-18(2)16(19)12-13-7-8-14-5-3-4-6-15(14)11-13;/h7-8,11,17H,3-6,9-10,12H2,1-2H3;1H. The Morgan fingerprint density at radius 3 is 2.65 bits per heavy atom. The first-order valence-electron chi connectivity index (χ1n) is 7.20. The third-order valence-corrected chi connectivity index (χ3v) is 3.89. The number of carbonyl (C=O) groups is 1. The van der Waals surface area contributed by atoms with Crippen molar-refractivity contribution in [2.24, 2.45) is 0 Å². The third-order valence-electron chi connectivity index (χ3n) is 3.89. The van der Waals surface area contributed by atoms with Gasteiger partial charge in [0.2, 0.25) is 5.91 Å². The minimum absolute atomic E-state index is 0. The molecule has 0 aromatic heterocycles. The Morgan fingerprint density at radius 1 is 1.25 bits per heavy atom. The molecule has 1 N–H and O–H groups in total. The predicted molar refractivity (Wildman–Crippen MR) is 85.6 cm³/mol. The lowest BCUT2D eigenvalue weighted by molar-refractivity contribution is -0.129. The fourth-order valence-corrected chi connectivity index (χ4v) is 2.61. The fourth-order valence-electron chi connectivity index (χ4n) is 2.61. The van der Waals surface area contributed by atoms with Gasteiger partial charge in [0.25, 0.3) is 0 Å². The van der Waals surface area contributed by atoms with Gasteiger partial charge in [-0.2, -0.15) is 0 Å². The summed E-state index contributed by atoms with van der Waals surface area (Å²) < 4.78 is 0. The molecule has 0 fully saturated rings. The van der Waals surface area contributed by atoms with E-state index in [4.69, 9.17) is 0 Å². The number of nitrogens with one attached hydrogen (secondary N) is 1. The molecule has 0 heterocycles. The van der Waals surface area contributed by atoms with Gasteiger partial charge in [-0.25, -0.2) is 0 Å². The van der Waals surface area contributed by atoms with E-state index in [-0.39, 0.29) is 18.3 Å². The van der Waals surface area contributed by atoms with Gasteiger partial charge in [0.15, 0.2) is 0 Å². The molecule has 1 amide bonds. The van der Waals surface area contributed by atoms with E-state index in [1.165, 1.54) is 36.8 Å². The number of hydrogen-bond acceptors (Lipinski definition) is 2. The number of amides is 1. The SMILES string of the molecule is CNCCN(C)C(=O)Cc1ccc2c(c1)CCCC2.Cl. The molecule has 1 aromatic carbocycles. The fraction of sp³-hybridized carbons (Fsp3) is 0.562. The summed E-state index contributed by atoms with van der Waals surface area (Å²) in [6.45, 7) is 1.60. The Morgan fingerprint density at radius 2 is 1.95 bits per heavy atom. The Balaban J connectivity index is 0.00000200. The van der Waals surface area contributed by atoms with E-state index in [1.807, 2.05) is 14.1 Å². The Labute approximate surface area is 128 Å². The van der Waals surface area contributed by atoms with Gasteiger partial charge >= 0.3 is 0 Å². The lowest BCUT2D eigenvalue weighted by Crippen LogP contribution is -2.33. The van der Waals surface area contributed by atoms with E-state index in [9.17, 15) is 4.79 Å². The van der Waals surface area contributed by atoms with Crippen LogP contribution in [0, 0.1) is 0 Å². The molecule has 1 aromatic rings. The minimum atomic E-state index is 0. The average molecular weight is 297 g/mol. The second-order valence-electron chi connectivity index (χ2n) is 5.41. The van der Waals surface area contributed by atoms with E-state index >= 15 is 0 Å². The van der Waals surface area contributed by atoms with Crippen LogP contribution in [0.4, 0.5) is 0 Å². The van der Waals surface area contributed by atoms with Crippen molar-refractivity contribution < 1.29 is 4.79 Å². The molecule has 0 aliphatic heterocycles. The van der Waals surface area contributed by atoms with Gasteiger partial charge < -0.3 is 10.2 Å². The normalized spacial score (nSPS) is 13.3. The van der Waals surface area contributed by atoms with Crippen LogP contribution in [0.25, 0.3) is 0 Å². The van der Waals surface area contributed by atoms with Crippen LogP contribution in [0.1, 0.15) is 29.5 Å². The number of hydrogen-bond donors (Lipinski definition) is 1. The van der Waals surface area contributed by atoms with E-state index in [2.05, 4.69) is 23.5 Å². The van der Waals surface area contributed by atoms with Crippen LogP contribution in [0.3, 0.4) is 0 Å². The highest BCUT2D eigenvalue weighted by molar-refractivity contribution is 5.85. The van der Waals surface area contributed by atoms with Crippen LogP contribution in [-0.4, -0.2) is 38.0 Å². The molecule has 0 spiro atoms. The monoisotopic (exact) mass is 296 g/mol. The van der Waals surface area contributed by atoms with Crippen molar-refractivity contribution in [1.82, 2.24) is 10.2 Å². The zero-order valence-corrected chi connectivity index (χ0v) is 13.3. The van der Waals surface area contributed by atoms with Gasteiger partial charge in [-0.15, -0.1) is 12.4 Å². The number of benzene rings is 1. The number of nitrogens with zero attached hydrogens (tertiary/aromatic N) is 1. The zero-order valence-electron chi connectivity index (χ0n) is 12.4. The van der Waals surface area contributed by atoms with Crippen LogP contribution < -0.4 is 5.32 Å². The number of likely N-dealkylation sites (N-methyl/N-ethyl adjacent to an activating group) is 2. The second kappa shape index (κ2) is 8.28. The molecule has 0 saturated carbocycles. The van der Waals surface area contributed by atoms with Gasteiger partial charge in [0.1, 0.15) is 0 Å². The Bertz CT molecular complexity index is 448. The highest BCUT2D eigenvalue weighted by Gasteiger charge is 2.13. The van der Waals surface area contributed by atoms with Crippen molar-refractivity contribution >= 4 is 18.3 Å². The summed E-state index contributed by atoms with van der Waals surface area (Å²) in [7, 11) is 3.78. The predicted octanol–water partition coefficient (Wildman–Crippen LogP) is 2.21. The van der Waals surface area contributed by atoms with Gasteiger partial charge in [0.05, 0.1) is 6.42 Å². The van der Waals surface area contributed by atoms with Crippen molar-refractivity contribution in [2.45, 2.75) is 32.1 Å². The molecule has 3 nitrogen and oxygen atoms in total. The number of aryl methyl sites for hydroxylation is 2. The first-order valence-corrected chi connectivity index (χ1v) is 7.20. The van der Waals surface area contributed by atoms with E-state index < -0.39 is 0 Å². The molecule has 20 heavy (non-hydrogen) atoms. The van der Waals surface area contributed by atoms with Gasteiger partial charge in [-0.05, 0) is 49.4 Å². The first-order chi connectivity index (χ1) is 9.20. The maximum Gasteiger partial charge on any atom is 0.226 e. The number of carbonyl (C=O) groups excluding carboxylic acids is 1. The molecule has 0 atom stereocenters. The van der Waals surface area contributed by atoms with Crippen molar-refractivity contribution in [2.75, 3.05) is 27.2 Å². The molecule has 1 aliphatic carbocycles. The minimum Gasteiger partial charge on any atom is -0.344 e. The summed E-state index contributed by atoms with van der Waals surface area (Å²) in [5, 5.41) is 3.06. The maximum atomic E-state index is 12.1. The van der Waals surface area contributed by atoms with Gasteiger partial charge in [-0.1, -0.05) is 18.2 Å². The van der Waals surface area contributed by atoms with Crippen molar-refractivity contribution in [3.05, 3.63) is 34.9 Å². The molecule has 112 valence electrons. The molecule has 1 aliphatic rings. The first kappa shape index (κ1) is 17.0. The van der Waals surface area contributed by atoms with Gasteiger partial charge in [-0.3, -0.25) is 4.79 Å². The molecule has 0 saturated heterocycles. The van der Waals surface area contributed by atoms with Crippen LogP contribution >= 0.6 is 12.4 Å². The number of fused-ring (bicyclic) bond motifs is 1. The molecule has 0 radical (unpaired) electrons. The molecule has 0 unspecified atom stereocenters. The molecule has 0 bridgehead atoms. The number of halogens is 1. The summed E-state index contributed by atoms with van der Waals surface area (Å²) in [5.74, 6) is 0.200. The summed E-state index contributed by atoms with van der Waals surface area (Å²) in [5.41, 5.74) is 4.09. The third kappa shape index (κ3) is 4.50. The lowest BCUT2D eigenvalue weighted by Gasteiger charge is -2.19. The smallest absolute Gasteiger partial charge is 0.226 e.